The first-order valence-corrected chi connectivity index (χ1v) is 7.04. The van der Waals surface area contributed by atoms with E-state index in [4.69, 9.17) is 20.1 Å². The molecule has 0 saturated heterocycles. The van der Waals surface area contributed by atoms with Crippen LogP contribution in [-0.4, -0.2) is 6.04 Å². The monoisotopic (exact) mass is 284 g/mol. The fourth-order valence-electron chi connectivity index (χ4n) is 2.11. The Hall–Kier alpha value is -2.25. The van der Waals surface area contributed by atoms with Crippen LogP contribution in [-0.2, 0) is 0 Å². The zero-order valence-electron chi connectivity index (χ0n) is 12.6. The highest BCUT2D eigenvalue weighted by molar-refractivity contribution is 5.42. The first-order chi connectivity index (χ1) is 10.0. The van der Waals surface area contributed by atoms with Gasteiger partial charge in [0.25, 0.3) is 0 Å². The van der Waals surface area contributed by atoms with Gasteiger partial charge in [0.1, 0.15) is 17.3 Å². The maximum absolute atomic E-state index is 9.01. The van der Waals surface area contributed by atoms with Gasteiger partial charge < -0.3 is 14.9 Å². The van der Waals surface area contributed by atoms with Crippen molar-refractivity contribution in [3.8, 4) is 11.8 Å². The van der Waals surface area contributed by atoms with Crippen molar-refractivity contribution in [1.82, 2.24) is 0 Å². The number of hydrogen-bond donors (Lipinski definition) is 1. The largest absolute Gasteiger partial charge is 0.481 e. The number of ether oxygens (including phenoxy) is 1. The van der Waals surface area contributed by atoms with Gasteiger partial charge in [-0.15, -0.1) is 0 Å². The van der Waals surface area contributed by atoms with Crippen LogP contribution in [0.5, 0.6) is 5.75 Å². The molecule has 4 heteroatoms. The molecule has 110 valence electrons. The Morgan fingerprint density at radius 2 is 2.05 bits per heavy atom. The number of nitriles is 1. The van der Waals surface area contributed by atoms with E-state index in [0.717, 1.165) is 17.7 Å². The molecule has 0 bridgehead atoms. The third-order valence-electron chi connectivity index (χ3n) is 3.47. The lowest BCUT2D eigenvalue weighted by Gasteiger charge is -2.23. The molecule has 0 aliphatic carbocycles. The molecule has 0 aliphatic rings. The van der Waals surface area contributed by atoms with E-state index in [1.165, 1.54) is 0 Å². The molecule has 0 spiro atoms. The normalized spacial score (nSPS) is 13.5. The molecular formula is C17H20N2O2. The van der Waals surface area contributed by atoms with Crippen molar-refractivity contribution >= 4 is 0 Å². The van der Waals surface area contributed by atoms with Crippen LogP contribution in [0.25, 0.3) is 0 Å². The summed E-state index contributed by atoms with van der Waals surface area (Å²) in [4.78, 5) is 0. The standard InChI is InChI=1S/C17H20N2O2/c1-4-14(19)17(15-8-6-12(3)20-15)21-16-9-13(10-18)7-5-11(16)2/h5-9,14,17H,4,19H2,1-3H3. The van der Waals surface area contributed by atoms with Gasteiger partial charge in [0.2, 0.25) is 0 Å². The van der Waals surface area contributed by atoms with Crippen molar-refractivity contribution in [3.05, 3.63) is 53.0 Å². The molecule has 0 amide bonds. The Morgan fingerprint density at radius 1 is 1.29 bits per heavy atom. The average molecular weight is 284 g/mol. The van der Waals surface area contributed by atoms with Crippen LogP contribution in [0, 0.1) is 25.2 Å². The van der Waals surface area contributed by atoms with E-state index in [2.05, 4.69) is 6.07 Å². The lowest BCUT2D eigenvalue weighted by molar-refractivity contribution is 0.142. The molecule has 0 radical (unpaired) electrons. The highest BCUT2D eigenvalue weighted by Gasteiger charge is 2.24. The first kappa shape index (κ1) is 15.1. The number of aryl methyl sites for hydroxylation is 2. The van der Waals surface area contributed by atoms with E-state index in [1.807, 2.05) is 39.0 Å². The van der Waals surface area contributed by atoms with E-state index in [1.54, 1.807) is 12.1 Å². The van der Waals surface area contributed by atoms with Crippen molar-refractivity contribution in [2.45, 2.75) is 39.3 Å². The number of nitrogens with two attached hydrogens (primary N) is 1. The zero-order valence-corrected chi connectivity index (χ0v) is 12.6. The summed E-state index contributed by atoms with van der Waals surface area (Å²) >= 11 is 0. The Labute approximate surface area is 125 Å². The molecule has 0 aliphatic heterocycles. The minimum Gasteiger partial charge on any atom is -0.481 e. The van der Waals surface area contributed by atoms with Crippen LogP contribution < -0.4 is 10.5 Å². The second-order valence-corrected chi connectivity index (χ2v) is 5.15. The van der Waals surface area contributed by atoms with Crippen LogP contribution in [0.2, 0.25) is 0 Å². The lowest BCUT2D eigenvalue weighted by Crippen LogP contribution is -2.31. The Kier molecular flexibility index (Phi) is 4.66. The van der Waals surface area contributed by atoms with Gasteiger partial charge >= 0.3 is 0 Å². The molecular weight excluding hydrogens is 264 g/mol. The van der Waals surface area contributed by atoms with Crippen LogP contribution in [0.4, 0.5) is 0 Å². The molecule has 1 aromatic carbocycles. The first-order valence-electron chi connectivity index (χ1n) is 7.04. The van der Waals surface area contributed by atoms with Crippen molar-refractivity contribution in [2.24, 2.45) is 5.73 Å². The third kappa shape index (κ3) is 3.45. The van der Waals surface area contributed by atoms with Crippen molar-refractivity contribution in [3.63, 3.8) is 0 Å². The molecule has 0 saturated carbocycles. The molecule has 0 fully saturated rings. The van der Waals surface area contributed by atoms with Gasteiger partial charge in [-0.25, -0.2) is 0 Å². The fourth-order valence-corrected chi connectivity index (χ4v) is 2.11. The van der Waals surface area contributed by atoms with E-state index in [9.17, 15) is 0 Å². The Bertz CT molecular complexity index is 655. The molecule has 1 heterocycles. The Morgan fingerprint density at radius 3 is 2.62 bits per heavy atom. The Balaban J connectivity index is 2.33. The summed E-state index contributed by atoms with van der Waals surface area (Å²) in [5, 5.41) is 9.01. The smallest absolute Gasteiger partial charge is 0.171 e. The van der Waals surface area contributed by atoms with Gasteiger partial charge in [-0.3, -0.25) is 0 Å². The quantitative estimate of drug-likeness (QED) is 0.910. The predicted octanol–water partition coefficient (Wildman–Crippen LogP) is 3.63. The van der Waals surface area contributed by atoms with E-state index in [-0.39, 0.29) is 12.1 Å². The maximum Gasteiger partial charge on any atom is 0.171 e. The third-order valence-corrected chi connectivity index (χ3v) is 3.47. The summed E-state index contributed by atoms with van der Waals surface area (Å²) in [5.41, 5.74) is 7.71. The molecule has 2 rings (SSSR count). The summed E-state index contributed by atoms with van der Waals surface area (Å²) in [6.45, 7) is 5.84. The van der Waals surface area contributed by atoms with Gasteiger partial charge in [-0.1, -0.05) is 13.0 Å². The van der Waals surface area contributed by atoms with E-state index in [0.29, 0.717) is 17.1 Å². The number of rotatable bonds is 5. The molecule has 2 unspecified atom stereocenters. The van der Waals surface area contributed by atoms with Crippen LogP contribution in [0.3, 0.4) is 0 Å². The zero-order chi connectivity index (χ0) is 15.4. The van der Waals surface area contributed by atoms with Crippen LogP contribution >= 0.6 is 0 Å². The summed E-state index contributed by atoms with van der Waals surface area (Å²) < 4.78 is 11.7. The molecule has 2 atom stereocenters. The summed E-state index contributed by atoms with van der Waals surface area (Å²) in [7, 11) is 0. The summed E-state index contributed by atoms with van der Waals surface area (Å²) in [6.07, 6.45) is 0.401. The van der Waals surface area contributed by atoms with Crippen molar-refractivity contribution in [2.75, 3.05) is 0 Å². The van der Waals surface area contributed by atoms with Gasteiger partial charge in [0.05, 0.1) is 11.6 Å². The molecule has 2 N–H and O–H groups in total. The minimum absolute atomic E-state index is 0.180. The minimum atomic E-state index is -0.364. The molecule has 1 aromatic heterocycles. The number of nitrogens with zero attached hydrogens (tertiary/aromatic N) is 1. The van der Waals surface area contributed by atoms with Crippen LogP contribution in [0.1, 0.15) is 42.1 Å². The molecule has 2 aromatic rings. The lowest BCUT2D eigenvalue weighted by atomic mass is 10.1. The van der Waals surface area contributed by atoms with Gasteiger partial charge in [-0.2, -0.15) is 5.26 Å². The number of furan rings is 1. The SMILES string of the molecule is CCC(N)C(Oc1cc(C#N)ccc1C)c1ccc(C)o1. The van der Waals surface area contributed by atoms with Crippen molar-refractivity contribution in [1.29, 1.82) is 5.26 Å². The van der Waals surface area contributed by atoms with Crippen LogP contribution in [0.15, 0.2) is 34.7 Å². The summed E-state index contributed by atoms with van der Waals surface area (Å²) in [6, 6.07) is 11.1. The maximum atomic E-state index is 9.01. The predicted molar refractivity (Wildman–Crippen MR) is 81.0 cm³/mol. The van der Waals surface area contributed by atoms with Gasteiger partial charge in [0, 0.05) is 6.04 Å². The fraction of sp³-hybridized carbons (Fsp3) is 0.353. The highest BCUT2D eigenvalue weighted by Crippen LogP contribution is 2.29. The van der Waals surface area contributed by atoms with Gasteiger partial charge in [-0.05, 0) is 50.1 Å². The summed E-state index contributed by atoms with van der Waals surface area (Å²) in [5.74, 6) is 2.20. The van der Waals surface area contributed by atoms with E-state index >= 15 is 0 Å². The molecule has 21 heavy (non-hydrogen) atoms. The number of hydrogen-bond acceptors (Lipinski definition) is 4. The second kappa shape index (κ2) is 6.47. The second-order valence-electron chi connectivity index (χ2n) is 5.15. The topological polar surface area (TPSA) is 72.2 Å². The van der Waals surface area contributed by atoms with E-state index < -0.39 is 0 Å². The number of benzene rings is 1. The highest BCUT2D eigenvalue weighted by atomic mass is 16.5. The molecule has 4 nitrogen and oxygen atoms in total. The van der Waals surface area contributed by atoms with Crippen molar-refractivity contribution < 1.29 is 9.15 Å². The average Bonchev–Trinajstić information content (AvgIpc) is 2.91. The van der Waals surface area contributed by atoms with Gasteiger partial charge in [0.15, 0.2) is 6.10 Å².